The molecule has 1 aromatic carbocycles. The van der Waals surface area contributed by atoms with Crippen LogP contribution >= 0.6 is 0 Å². The second-order valence-electron chi connectivity index (χ2n) is 6.46. The summed E-state index contributed by atoms with van der Waals surface area (Å²) in [6.07, 6.45) is -1.86. The lowest BCUT2D eigenvalue weighted by Crippen LogP contribution is -2.49. The van der Waals surface area contributed by atoms with Gasteiger partial charge >= 0.3 is 0 Å². The molecule has 1 aliphatic heterocycles. The molecule has 0 radical (unpaired) electrons. The van der Waals surface area contributed by atoms with Crippen molar-refractivity contribution in [2.75, 3.05) is 46.3 Å². The highest BCUT2D eigenvalue weighted by atomic mass is 32.2. The molecule has 1 saturated heterocycles. The molecule has 152 valence electrons. The summed E-state index contributed by atoms with van der Waals surface area (Å²) in [6, 6.07) is 4.56. The molecule has 1 amide bonds. The van der Waals surface area contributed by atoms with E-state index in [2.05, 4.69) is 0 Å². The van der Waals surface area contributed by atoms with Gasteiger partial charge in [-0.1, -0.05) is 0 Å². The van der Waals surface area contributed by atoms with Gasteiger partial charge in [-0.3, -0.25) is 9.69 Å². The third-order valence-corrected chi connectivity index (χ3v) is 6.38. The van der Waals surface area contributed by atoms with Crippen molar-refractivity contribution in [2.45, 2.75) is 24.2 Å². The number of halogens is 3. The van der Waals surface area contributed by atoms with Crippen molar-refractivity contribution in [3.05, 3.63) is 30.1 Å². The molecule has 0 unspecified atom stereocenters. The first-order chi connectivity index (χ1) is 12.7. The summed E-state index contributed by atoms with van der Waals surface area (Å²) in [7, 11) is -2.32. The lowest BCUT2D eigenvalue weighted by Gasteiger charge is -2.34. The van der Waals surface area contributed by atoms with E-state index in [1.54, 1.807) is 9.80 Å². The summed E-state index contributed by atoms with van der Waals surface area (Å²) in [5.41, 5.74) is 0. The van der Waals surface area contributed by atoms with Gasteiger partial charge in [-0.15, -0.1) is 0 Å². The molecule has 0 spiro atoms. The number of sulfonamides is 1. The van der Waals surface area contributed by atoms with Gasteiger partial charge in [-0.05, 0) is 30.7 Å². The fraction of sp³-hybridized carbons (Fsp3) is 0.588. The molecule has 0 aromatic heterocycles. The predicted octanol–water partition coefficient (Wildman–Crippen LogP) is 1.64. The van der Waals surface area contributed by atoms with E-state index < -0.39 is 22.3 Å². The van der Waals surface area contributed by atoms with Crippen molar-refractivity contribution in [3.8, 4) is 0 Å². The first kappa shape index (κ1) is 21.6. The van der Waals surface area contributed by atoms with Gasteiger partial charge in [0, 0.05) is 46.2 Å². The van der Waals surface area contributed by atoms with E-state index in [-0.39, 0.29) is 30.3 Å². The quantitative estimate of drug-likeness (QED) is 0.657. The normalized spacial score (nSPS) is 16.3. The molecule has 1 fully saturated rings. The van der Waals surface area contributed by atoms with Crippen LogP contribution < -0.4 is 0 Å². The average Bonchev–Trinajstić information content (AvgIpc) is 2.62. The molecule has 1 aromatic rings. The summed E-state index contributed by atoms with van der Waals surface area (Å²) in [5, 5.41) is 0. The Morgan fingerprint density at radius 2 is 1.74 bits per heavy atom. The van der Waals surface area contributed by atoms with Crippen LogP contribution in [-0.2, 0) is 14.8 Å². The summed E-state index contributed by atoms with van der Waals surface area (Å²) >= 11 is 0. The van der Waals surface area contributed by atoms with Crippen molar-refractivity contribution in [1.29, 1.82) is 0 Å². The van der Waals surface area contributed by atoms with Crippen molar-refractivity contribution >= 4 is 15.9 Å². The van der Waals surface area contributed by atoms with Gasteiger partial charge in [0.2, 0.25) is 15.9 Å². The van der Waals surface area contributed by atoms with E-state index in [0.717, 1.165) is 16.4 Å². The van der Waals surface area contributed by atoms with Crippen molar-refractivity contribution in [3.63, 3.8) is 0 Å². The molecule has 27 heavy (non-hydrogen) atoms. The minimum Gasteiger partial charge on any atom is -0.340 e. The van der Waals surface area contributed by atoms with E-state index in [1.807, 2.05) is 0 Å². The molecule has 0 saturated carbocycles. The third kappa shape index (κ3) is 6.18. The van der Waals surface area contributed by atoms with E-state index >= 15 is 0 Å². The number of alkyl halides is 2. The van der Waals surface area contributed by atoms with E-state index in [9.17, 15) is 26.4 Å². The Hall–Kier alpha value is -1.65. The van der Waals surface area contributed by atoms with Gasteiger partial charge in [0.05, 0.1) is 11.4 Å². The number of amides is 1. The molecule has 0 atom stereocenters. The lowest BCUT2D eigenvalue weighted by molar-refractivity contribution is -0.133. The maximum absolute atomic E-state index is 12.9. The van der Waals surface area contributed by atoms with Crippen LogP contribution in [0.5, 0.6) is 0 Å². The first-order valence-corrected chi connectivity index (χ1v) is 10.1. The number of hydrogen-bond donors (Lipinski definition) is 0. The number of hydrogen-bond acceptors (Lipinski definition) is 4. The Bertz CT molecular complexity index is 721. The second kappa shape index (κ2) is 9.52. The molecule has 0 bridgehead atoms. The fourth-order valence-corrected chi connectivity index (χ4v) is 4.10. The molecule has 10 heteroatoms. The molecule has 0 N–H and O–H groups in total. The highest BCUT2D eigenvalue weighted by Gasteiger charge is 2.24. The minimum atomic E-state index is -3.73. The van der Waals surface area contributed by atoms with Gasteiger partial charge in [0.15, 0.2) is 0 Å². The number of piperazine rings is 1. The molecule has 1 aliphatic rings. The smallest absolute Gasteiger partial charge is 0.251 e. The summed E-state index contributed by atoms with van der Waals surface area (Å²) in [4.78, 5) is 15.5. The maximum atomic E-state index is 12.9. The lowest BCUT2D eigenvalue weighted by atomic mass is 10.2. The Balaban J connectivity index is 1.77. The van der Waals surface area contributed by atoms with Crippen molar-refractivity contribution in [2.24, 2.45) is 0 Å². The highest BCUT2D eigenvalue weighted by Crippen LogP contribution is 2.15. The highest BCUT2D eigenvalue weighted by molar-refractivity contribution is 7.89. The van der Waals surface area contributed by atoms with Crippen LogP contribution in [0.1, 0.15) is 12.8 Å². The zero-order valence-corrected chi connectivity index (χ0v) is 16.0. The topological polar surface area (TPSA) is 60.9 Å². The predicted molar refractivity (Wildman–Crippen MR) is 94.5 cm³/mol. The van der Waals surface area contributed by atoms with Gasteiger partial charge < -0.3 is 4.90 Å². The maximum Gasteiger partial charge on any atom is 0.251 e. The van der Waals surface area contributed by atoms with Crippen LogP contribution in [0.15, 0.2) is 29.2 Å². The van der Waals surface area contributed by atoms with Crippen LogP contribution in [0.2, 0.25) is 0 Å². The molecule has 1 heterocycles. The summed E-state index contributed by atoms with van der Waals surface area (Å²) in [5.74, 6) is -0.630. The SMILES string of the molecule is CN(CCCC(=O)N1CCN(CC(F)F)CC1)S(=O)(=O)c1ccc(F)cc1. The Kier molecular flexibility index (Phi) is 7.63. The molecular weight excluding hydrogens is 383 g/mol. The van der Waals surface area contributed by atoms with Gasteiger partial charge in [-0.2, -0.15) is 0 Å². The zero-order chi connectivity index (χ0) is 20.0. The third-order valence-electron chi connectivity index (χ3n) is 4.51. The van der Waals surface area contributed by atoms with Crippen LogP contribution in [0, 0.1) is 5.82 Å². The van der Waals surface area contributed by atoms with Crippen LogP contribution in [0.25, 0.3) is 0 Å². The van der Waals surface area contributed by atoms with Crippen molar-refractivity contribution in [1.82, 2.24) is 14.1 Å². The Morgan fingerprint density at radius 1 is 1.15 bits per heavy atom. The van der Waals surface area contributed by atoms with Gasteiger partial charge in [-0.25, -0.2) is 25.9 Å². The van der Waals surface area contributed by atoms with Crippen LogP contribution in [0.3, 0.4) is 0 Å². The minimum absolute atomic E-state index is 0.00659. The number of carbonyl (C=O) groups excluding carboxylic acids is 1. The molecule has 2 rings (SSSR count). The molecular formula is C17H24F3N3O3S. The standard InChI is InChI=1S/C17H24F3N3O3S/c1-21(27(25,26)15-6-4-14(18)5-7-15)8-2-3-17(24)23-11-9-22(10-12-23)13-16(19)20/h4-7,16H,2-3,8-13H2,1H3. The van der Waals surface area contributed by atoms with Crippen LogP contribution in [-0.4, -0.2) is 81.2 Å². The number of rotatable bonds is 8. The summed E-state index contributed by atoms with van der Waals surface area (Å²) in [6.45, 7) is 1.49. The Labute approximate surface area is 157 Å². The summed E-state index contributed by atoms with van der Waals surface area (Å²) < 4.78 is 63.6. The number of benzene rings is 1. The molecule has 0 aliphatic carbocycles. The fourth-order valence-electron chi connectivity index (χ4n) is 2.89. The van der Waals surface area contributed by atoms with Gasteiger partial charge in [0.1, 0.15) is 5.82 Å². The van der Waals surface area contributed by atoms with Crippen molar-refractivity contribution < 1.29 is 26.4 Å². The Morgan fingerprint density at radius 3 is 2.30 bits per heavy atom. The van der Waals surface area contributed by atoms with Gasteiger partial charge in [0.25, 0.3) is 6.43 Å². The zero-order valence-electron chi connectivity index (χ0n) is 15.2. The molecule has 6 nitrogen and oxygen atoms in total. The largest absolute Gasteiger partial charge is 0.340 e. The monoisotopic (exact) mass is 407 g/mol. The van der Waals surface area contributed by atoms with E-state index in [4.69, 9.17) is 0 Å². The number of nitrogens with zero attached hydrogens (tertiary/aromatic N) is 3. The van der Waals surface area contributed by atoms with E-state index in [0.29, 0.717) is 32.6 Å². The van der Waals surface area contributed by atoms with E-state index in [1.165, 1.54) is 19.2 Å². The first-order valence-electron chi connectivity index (χ1n) is 8.70. The van der Waals surface area contributed by atoms with Crippen LogP contribution in [0.4, 0.5) is 13.2 Å². The second-order valence-corrected chi connectivity index (χ2v) is 8.50. The number of carbonyl (C=O) groups is 1. The average molecular weight is 407 g/mol.